The van der Waals surface area contributed by atoms with Crippen LogP contribution in [-0.4, -0.2) is 21.3 Å². The molecular weight excluding hydrogens is 284 g/mol. The van der Waals surface area contributed by atoms with Crippen LogP contribution >= 0.6 is 0 Å². The summed E-state index contributed by atoms with van der Waals surface area (Å²) in [6, 6.07) is 11.0. The summed E-state index contributed by atoms with van der Waals surface area (Å²) < 4.78 is 0. The number of carboxylic acid groups (broad SMARTS) is 1. The van der Waals surface area contributed by atoms with E-state index in [1.165, 1.54) is 18.2 Å². The zero-order chi connectivity index (χ0) is 16.1. The molecule has 0 fully saturated rings. The van der Waals surface area contributed by atoms with Crippen molar-refractivity contribution in [2.24, 2.45) is 10.2 Å². The van der Waals surface area contributed by atoms with Crippen LogP contribution in [0.5, 0.6) is 5.75 Å². The van der Waals surface area contributed by atoms with Crippen molar-refractivity contribution in [1.82, 2.24) is 0 Å². The first kappa shape index (κ1) is 15.2. The largest absolute Gasteiger partial charge is 0.513 e. The number of carboxylic acids is 1. The van der Waals surface area contributed by atoms with Crippen molar-refractivity contribution in [2.45, 2.75) is 6.42 Å². The number of allylic oxidation sites excluding steroid dienone is 1. The number of hydrogen-bond acceptors (Lipinski definition) is 5. The highest BCUT2D eigenvalue weighted by Crippen LogP contribution is 2.25. The number of carbonyl (C=O) groups is 1. The third kappa shape index (κ3) is 3.92. The number of azo groups is 1. The summed E-state index contributed by atoms with van der Waals surface area (Å²) >= 11 is 0. The molecule has 0 aliphatic rings. The molecular formula is C16H14N2O4. The molecule has 0 atom stereocenters. The summed E-state index contributed by atoms with van der Waals surface area (Å²) in [5.74, 6) is -1.47. The Balaban J connectivity index is 2.16. The van der Waals surface area contributed by atoms with Crippen LogP contribution < -0.4 is 0 Å². The van der Waals surface area contributed by atoms with Gasteiger partial charge in [-0.2, -0.15) is 10.2 Å². The lowest BCUT2D eigenvalue weighted by Gasteiger charge is -2.01. The van der Waals surface area contributed by atoms with E-state index in [-0.39, 0.29) is 17.1 Å². The van der Waals surface area contributed by atoms with E-state index in [1.807, 2.05) is 0 Å². The van der Waals surface area contributed by atoms with E-state index < -0.39 is 5.97 Å². The topological polar surface area (TPSA) is 102 Å². The molecule has 0 bridgehead atoms. The van der Waals surface area contributed by atoms with Crippen LogP contribution in [0, 0.1) is 0 Å². The van der Waals surface area contributed by atoms with Gasteiger partial charge >= 0.3 is 5.97 Å². The summed E-state index contributed by atoms with van der Waals surface area (Å²) in [5.41, 5.74) is 1.57. The molecule has 0 aliphatic carbocycles. The van der Waals surface area contributed by atoms with Crippen LogP contribution in [0.2, 0.25) is 0 Å². The zero-order valence-electron chi connectivity index (χ0n) is 11.6. The van der Waals surface area contributed by atoms with E-state index in [0.717, 1.165) is 5.56 Å². The molecule has 2 aromatic rings. The standard InChI is InChI=1S/C16H14N2O4/c1-10(19)8-11-2-4-12(5-3-11)17-18-13-6-7-15(20)14(9-13)16(21)22/h2-7,9,19-20H,1,8H2,(H,21,22)/b18-17+. The Kier molecular flexibility index (Phi) is 4.53. The minimum Gasteiger partial charge on any atom is -0.513 e. The van der Waals surface area contributed by atoms with Gasteiger partial charge in [-0.1, -0.05) is 18.7 Å². The van der Waals surface area contributed by atoms with Gasteiger partial charge in [-0.3, -0.25) is 0 Å². The van der Waals surface area contributed by atoms with Crippen LogP contribution in [0.15, 0.2) is 65.0 Å². The first-order valence-corrected chi connectivity index (χ1v) is 6.39. The van der Waals surface area contributed by atoms with Crippen LogP contribution in [-0.2, 0) is 6.42 Å². The fourth-order valence-corrected chi connectivity index (χ4v) is 1.79. The molecule has 2 aromatic carbocycles. The average molecular weight is 298 g/mol. The predicted octanol–water partition coefficient (Wildman–Crippen LogP) is 4.12. The van der Waals surface area contributed by atoms with Crippen molar-refractivity contribution in [3.05, 3.63) is 65.9 Å². The lowest BCUT2D eigenvalue weighted by molar-refractivity contribution is 0.0694. The SMILES string of the molecule is C=C(O)Cc1ccc(/N=N/c2ccc(O)c(C(=O)O)c2)cc1. The predicted molar refractivity (Wildman–Crippen MR) is 81.2 cm³/mol. The molecule has 0 amide bonds. The first-order chi connectivity index (χ1) is 10.5. The molecule has 0 heterocycles. The zero-order valence-corrected chi connectivity index (χ0v) is 11.6. The second-order valence-electron chi connectivity index (χ2n) is 4.62. The summed E-state index contributed by atoms with van der Waals surface area (Å²) in [5, 5.41) is 35.4. The van der Waals surface area contributed by atoms with Gasteiger partial charge in [-0.25, -0.2) is 4.79 Å². The van der Waals surface area contributed by atoms with Gasteiger partial charge < -0.3 is 15.3 Å². The smallest absolute Gasteiger partial charge is 0.339 e. The molecule has 6 nitrogen and oxygen atoms in total. The third-order valence-electron chi connectivity index (χ3n) is 2.84. The van der Waals surface area contributed by atoms with Gasteiger partial charge in [0.15, 0.2) is 0 Å². The van der Waals surface area contributed by atoms with E-state index in [1.54, 1.807) is 24.3 Å². The number of benzene rings is 2. The molecule has 112 valence electrons. The van der Waals surface area contributed by atoms with Gasteiger partial charge in [0, 0.05) is 6.42 Å². The van der Waals surface area contributed by atoms with Gasteiger partial charge in [-0.15, -0.1) is 0 Å². The second-order valence-corrected chi connectivity index (χ2v) is 4.62. The minimum absolute atomic E-state index is 0.0830. The van der Waals surface area contributed by atoms with Crippen LogP contribution in [0.3, 0.4) is 0 Å². The first-order valence-electron chi connectivity index (χ1n) is 6.39. The number of nitrogens with zero attached hydrogens (tertiary/aromatic N) is 2. The van der Waals surface area contributed by atoms with E-state index in [0.29, 0.717) is 17.8 Å². The number of aromatic carboxylic acids is 1. The van der Waals surface area contributed by atoms with E-state index in [2.05, 4.69) is 16.8 Å². The highest BCUT2D eigenvalue weighted by atomic mass is 16.4. The van der Waals surface area contributed by atoms with Gasteiger partial charge in [0.25, 0.3) is 0 Å². The fourth-order valence-electron chi connectivity index (χ4n) is 1.79. The van der Waals surface area contributed by atoms with Crippen molar-refractivity contribution in [3.8, 4) is 5.75 Å². The van der Waals surface area contributed by atoms with Crippen LogP contribution in [0.25, 0.3) is 0 Å². The molecule has 6 heteroatoms. The maximum Gasteiger partial charge on any atom is 0.339 e. The molecule has 0 saturated heterocycles. The normalized spacial score (nSPS) is 10.7. The number of phenols is 1. The molecule has 0 saturated carbocycles. The lowest BCUT2D eigenvalue weighted by atomic mass is 10.1. The Hall–Kier alpha value is -3.15. The maximum absolute atomic E-state index is 10.9. The Morgan fingerprint density at radius 1 is 1.00 bits per heavy atom. The molecule has 0 unspecified atom stereocenters. The Labute approximate surface area is 126 Å². The highest BCUT2D eigenvalue weighted by Gasteiger charge is 2.09. The van der Waals surface area contributed by atoms with Crippen molar-refractivity contribution < 1.29 is 20.1 Å². The van der Waals surface area contributed by atoms with E-state index in [4.69, 9.17) is 10.2 Å². The summed E-state index contributed by atoms with van der Waals surface area (Å²) in [6.07, 6.45) is 0.372. The van der Waals surface area contributed by atoms with Crippen molar-refractivity contribution in [3.63, 3.8) is 0 Å². The lowest BCUT2D eigenvalue weighted by Crippen LogP contribution is -1.95. The maximum atomic E-state index is 10.9. The van der Waals surface area contributed by atoms with E-state index >= 15 is 0 Å². The molecule has 3 N–H and O–H groups in total. The number of aliphatic hydroxyl groups excluding tert-OH is 1. The van der Waals surface area contributed by atoms with Crippen LogP contribution in [0.4, 0.5) is 11.4 Å². The van der Waals surface area contributed by atoms with Crippen LogP contribution in [0.1, 0.15) is 15.9 Å². The summed E-state index contributed by atoms with van der Waals surface area (Å²) in [4.78, 5) is 10.9. The summed E-state index contributed by atoms with van der Waals surface area (Å²) in [6.45, 7) is 3.42. The van der Waals surface area contributed by atoms with Gasteiger partial charge in [-0.05, 0) is 35.9 Å². The minimum atomic E-state index is -1.23. The van der Waals surface area contributed by atoms with Gasteiger partial charge in [0.2, 0.25) is 0 Å². The number of aromatic hydroxyl groups is 1. The third-order valence-corrected chi connectivity index (χ3v) is 2.84. The average Bonchev–Trinajstić information content (AvgIpc) is 2.47. The van der Waals surface area contributed by atoms with E-state index in [9.17, 15) is 9.90 Å². The van der Waals surface area contributed by atoms with Gasteiger partial charge in [0.1, 0.15) is 11.3 Å². The van der Waals surface area contributed by atoms with Gasteiger partial charge in [0.05, 0.1) is 17.1 Å². The molecule has 22 heavy (non-hydrogen) atoms. The Bertz CT molecular complexity index is 736. The number of rotatable bonds is 5. The van der Waals surface area contributed by atoms with Crippen molar-refractivity contribution in [2.75, 3.05) is 0 Å². The molecule has 2 rings (SSSR count). The Morgan fingerprint density at radius 3 is 2.18 bits per heavy atom. The number of aliphatic hydroxyl groups is 1. The highest BCUT2D eigenvalue weighted by molar-refractivity contribution is 5.91. The Morgan fingerprint density at radius 2 is 1.59 bits per heavy atom. The number of hydrogen-bond donors (Lipinski definition) is 3. The quantitative estimate of drug-likeness (QED) is 0.570. The van der Waals surface area contributed by atoms with Crippen molar-refractivity contribution in [1.29, 1.82) is 0 Å². The molecule has 0 radical (unpaired) electrons. The fraction of sp³-hybridized carbons (Fsp3) is 0.0625. The second kappa shape index (κ2) is 6.53. The molecule has 0 aromatic heterocycles. The molecule has 0 spiro atoms. The monoisotopic (exact) mass is 298 g/mol. The van der Waals surface area contributed by atoms with Crippen molar-refractivity contribution >= 4 is 17.3 Å². The molecule has 0 aliphatic heterocycles. The summed E-state index contributed by atoms with van der Waals surface area (Å²) in [7, 11) is 0.